The smallest absolute Gasteiger partial charge is 0.410 e. The molecule has 0 spiro atoms. The summed E-state index contributed by atoms with van der Waals surface area (Å²) >= 11 is 0. The number of esters is 1. The Morgan fingerprint density at radius 3 is 2.34 bits per heavy atom. The van der Waals surface area contributed by atoms with Crippen LogP contribution in [0.15, 0.2) is 18.2 Å². The minimum Gasteiger partial charge on any atom is -0.452 e. The maximum Gasteiger partial charge on any atom is 0.410 e. The van der Waals surface area contributed by atoms with Crippen molar-refractivity contribution in [2.75, 3.05) is 18.4 Å². The highest BCUT2D eigenvalue weighted by Crippen LogP contribution is 2.22. The zero-order valence-electron chi connectivity index (χ0n) is 17.0. The van der Waals surface area contributed by atoms with E-state index in [9.17, 15) is 23.2 Å². The highest BCUT2D eigenvalue weighted by atomic mass is 19.1. The molecule has 0 aromatic heterocycles. The van der Waals surface area contributed by atoms with Crippen molar-refractivity contribution in [2.24, 2.45) is 5.92 Å². The summed E-state index contributed by atoms with van der Waals surface area (Å²) < 4.78 is 37.0. The number of ether oxygens (including phenoxy) is 2. The van der Waals surface area contributed by atoms with E-state index < -0.39 is 47.2 Å². The fraction of sp³-hybridized carbons (Fsp3) is 0.550. The van der Waals surface area contributed by atoms with Crippen LogP contribution in [-0.2, 0) is 19.1 Å². The van der Waals surface area contributed by atoms with Crippen molar-refractivity contribution in [1.29, 1.82) is 0 Å². The van der Waals surface area contributed by atoms with E-state index >= 15 is 0 Å². The molecule has 1 aromatic rings. The molecule has 1 atom stereocenters. The van der Waals surface area contributed by atoms with Crippen molar-refractivity contribution < 1.29 is 32.6 Å². The van der Waals surface area contributed by atoms with Gasteiger partial charge in [-0.2, -0.15) is 0 Å². The van der Waals surface area contributed by atoms with Gasteiger partial charge in [-0.05, 0) is 52.7 Å². The summed E-state index contributed by atoms with van der Waals surface area (Å²) in [7, 11) is 0. The Balaban J connectivity index is 1.82. The summed E-state index contributed by atoms with van der Waals surface area (Å²) in [4.78, 5) is 38.0. The molecule has 0 radical (unpaired) electrons. The lowest BCUT2D eigenvalue weighted by Gasteiger charge is -2.32. The van der Waals surface area contributed by atoms with Crippen LogP contribution in [0.3, 0.4) is 0 Å². The molecule has 0 aliphatic carbocycles. The first kappa shape index (κ1) is 22.6. The number of amides is 2. The molecule has 1 aliphatic rings. The zero-order chi connectivity index (χ0) is 21.8. The van der Waals surface area contributed by atoms with E-state index in [0.29, 0.717) is 32.0 Å². The predicted molar refractivity (Wildman–Crippen MR) is 101 cm³/mol. The topological polar surface area (TPSA) is 84.9 Å². The molecule has 1 heterocycles. The number of carbonyl (C=O) groups is 3. The quantitative estimate of drug-likeness (QED) is 0.766. The third-order valence-corrected chi connectivity index (χ3v) is 4.33. The molecule has 1 aliphatic heterocycles. The monoisotopic (exact) mass is 412 g/mol. The molecule has 7 nitrogen and oxygen atoms in total. The third kappa shape index (κ3) is 6.69. The number of rotatable bonds is 4. The van der Waals surface area contributed by atoms with Gasteiger partial charge in [-0.25, -0.2) is 13.6 Å². The van der Waals surface area contributed by atoms with Crippen molar-refractivity contribution in [3.8, 4) is 0 Å². The first-order valence-corrected chi connectivity index (χ1v) is 9.40. The van der Waals surface area contributed by atoms with Crippen LogP contribution in [0.2, 0.25) is 0 Å². The lowest BCUT2D eigenvalue weighted by Crippen LogP contribution is -2.43. The van der Waals surface area contributed by atoms with Gasteiger partial charge < -0.3 is 19.7 Å². The number of hydrogen-bond donors (Lipinski definition) is 1. The van der Waals surface area contributed by atoms with Crippen molar-refractivity contribution in [2.45, 2.75) is 52.2 Å². The number of halogens is 2. The lowest BCUT2D eigenvalue weighted by molar-refractivity contribution is -0.158. The standard InChI is InChI=1S/C20H26F2N2O5/c1-12(17(25)23-16-6-5-14(21)11-15(16)22)28-18(26)13-7-9-24(10-8-13)19(27)29-20(2,3)4/h5-6,11-13H,7-10H2,1-4H3,(H,23,25)/t12-/m1/s1. The minimum atomic E-state index is -1.16. The molecule has 1 N–H and O–H groups in total. The van der Waals surface area contributed by atoms with E-state index in [1.165, 1.54) is 11.8 Å². The maximum atomic E-state index is 13.6. The van der Waals surface area contributed by atoms with Crippen molar-refractivity contribution in [3.63, 3.8) is 0 Å². The fourth-order valence-electron chi connectivity index (χ4n) is 2.77. The van der Waals surface area contributed by atoms with Gasteiger partial charge in [-0.15, -0.1) is 0 Å². The van der Waals surface area contributed by atoms with Gasteiger partial charge in [-0.3, -0.25) is 9.59 Å². The van der Waals surface area contributed by atoms with Crippen LogP contribution < -0.4 is 5.32 Å². The summed E-state index contributed by atoms with van der Waals surface area (Å²) in [6, 6.07) is 2.74. The van der Waals surface area contributed by atoms with Gasteiger partial charge in [0, 0.05) is 19.2 Å². The van der Waals surface area contributed by atoms with Crippen LogP contribution in [-0.4, -0.2) is 47.7 Å². The number of nitrogens with one attached hydrogen (secondary N) is 1. The van der Waals surface area contributed by atoms with Crippen LogP contribution in [0.4, 0.5) is 19.3 Å². The molecule has 1 fully saturated rings. The summed E-state index contributed by atoms with van der Waals surface area (Å²) in [5.41, 5.74) is -0.801. The van der Waals surface area contributed by atoms with Gasteiger partial charge in [0.25, 0.3) is 5.91 Å². The van der Waals surface area contributed by atoms with Crippen LogP contribution in [0.5, 0.6) is 0 Å². The van der Waals surface area contributed by atoms with Crippen molar-refractivity contribution >= 4 is 23.7 Å². The molecule has 2 rings (SSSR count). The summed E-state index contributed by atoms with van der Waals surface area (Å²) in [6.45, 7) is 7.38. The molecule has 160 valence electrons. The Hall–Kier alpha value is -2.71. The summed E-state index contributed by atoms with van der Waals surface area (Å²) in [6.07, 6.45) is -0.813. The van der Waals surface area contributed by atoms with Crippen molar-refractivity contribution in [3.05, 3.63) is 29.8 Å². The molecule has 0 bridgehead atoms. The second-order valence-electron chi connectivity index (χ2n) is 7.93. The predicted octanol–water partition coefficient (Wildman–Crippen LogP) is 3.48. The normalized spacial score (nSPS) is 16.1. The van der Waals surface area contributed by atoms with Crippen LogP contribution in [0.25, 0.3) is 0 Å². The van der Waals surface area contributed by atoms with E-state index in [2.05, 4.69) is 5.32 Å². The van der Waals surface area contributed by atoms with Gasteiger partial charge in [-0.1, -0.05) is 0 Å². The van der Waals surface area contributed by atoms with E-state index in [1.807, 2.05) is 0 Å². The molecule has 0 unspecified atom stereocenters. The molecular formula is C20H26F2N2O5. The average Bonchev–Trinajstić information content (AvgIpc) is 2.62. The number of hydrogen-bond acceptors (Lipinski definition) is 5. The van der Waals surface area contributed by atoms with Gasteiger partial charge >= 0.3 is 12.1 Å². The first-order chi connectivity index (χ1) is 13.5. The SMILES string of the molecule is C[C@@H](OC(=O)C1CCN(C(=O)OC(C)(C)C)CC1)C(=O)Nc1ccc(F)cc1F. The van der Waals surface area contributed by atoms with Crippen LogP contribution >= 0.6 is 0 Å². The fourth-order valence-corrected chi connectivity index (χ4v) is 2.77. The Bertz CT molecular complexity index is 771. The van der Waals surface area contributed by atoms with E-state index in [1.54, 1.807) is 20.8 Å². The molecule has 29 heavy (non-hydrogen) atoms. The van der Waals surface area contributed by atoms with Crippen LogP contribution in [0, 0.1) is 17.6 Å². The van der Waals surface area contributed by atoms with Gasteiger partial charge in [0.15, 0.2) is 6.10 Å². The number of piperidine rings is 1. The Morgan fingerprint density at radius 2 is 1.79 bits per heavy atom. The van der Waals surface area contributed by atoms with Crippen molar-refractivity contribution in [1.82, 2.24) is 4.90 Å². The zero-order valence-corrected chi connectivity index (χ0v) is 17.0. The van der Waals surface area contributed by atoms with E-state index in [-0.39, 0.29) is 5.69 Å². The highest BCUT2D eigenvalue weighted by Gasteiger charge is 2.32. The Labute approximate surface area is 168 Å². The van der Waals surface area contributed by atoms with Gasteiger partial charge in [0.2, 0.25) is 0 Å². The number of nitrogens with zero attached hydrogens (tertiary/aromatic N) is 1. The third-order valence-electron chi connectivity index (χ3n) is 4.33. The average molecular weight is 412 g/mol. The second kappa shape index (κ2) is 9.19. The largest absolute Gasteiger partial charge is 0.452 e. The molecule has 9 heteroatoms. The first-order valence-electron chi connectivity index (χ1n) is 9.40. The van der Waals surface area contributed by atoms with E-state index in [0.717, 1.165) is 12.1 Å². The number of likely N-dealkylation sites (tertiary alicyclic amines) is 1. The number of anilines is 1. The molecule has 0 saturated carbocycles. The minimum absolute atomic E-state index is 0.204. The highest BCUT2D eigenvalue weighted by molar-refractivity contribution is 5.95. The maximum absolute atomic E-state index is 13.6. The molecule has 2 amide bonds. The number of benzene rings is 1. The Morgan fingerprint density at radius 1 is 1.17 bits per heavy atom. The van der Waals surface area contributed by atoms with Crippen LogP contribution in [0.1, 0.15) is 40.5 Å². The van der Waals surface area contributed by atoms with E-state index in [4.69, 9.17) is 9.47 Å². The van der Waals surface area contributed by atoms with Gasteiger partial charge in [0.05, 0.1) is 11.6 Å². The summed E-state index contributed by atoms with van der Waals surface area (Å²) in [5, 5.41) is 2.26. The summed E-state index contributed by atoms with van der Waals surface area (Å²) in [5.74, 6) is -3.43. The molecular weight excluding hydrogens is 386 g/mol. The van der Waals surface area contributed by atoms with Gasteiger partial charge in [0.1, 0.15) is 17.2 Å². The Kier molecular flexibility index (Phi) is 7.16. The number of carbonyl (C=O) groups excluding carboxylic acids is 3. The second-order valence-corrected chi connectivity index (χ2v) is 7.93. The molecule has 1 aromatic carbocycles. The lowest BCUT2D eigenvalue weighted by atomic mass is 9.97. The molecule has 1 saturated heterocycles.